The molecular formula is C14H10BrCl3N2O. The maximum absolute atomic E-state index is 12.4. The zero-order valence-corrected chi connectivity index (χ0v) is 14.5. The van der Waals surface area contributed by atoms with E-state index in [-0.39, 0.29) is 5.91 Å². The fourth-order valence-electron chi connectivity index (χ4n) is 2.09. The van der Waals surface area contributed by atoms with Crippen molar-refractivity contribution in [3.05, 3.63) is 49.6 Å². The Bertz CT molecular complexity index is 725. The van der Waals surface area contributed by atoms with Crippen molar-refractivity contribution in [3.8, 4) is 0 Å². The molecule has 1 saturated carbocycles. The molecule has 1 aromatic carbocycles. The fourth-order valence-corrected chi connectivity index (χ4v) is 3.12. The van der Waals surface area contributed by atoms with E-state index >= 15 is 0 Å². The Kier molecular flexibility index (Phi) is 4.23. The number of carbonyl (C=O) groups is 1. The largest absolute Gasteiger partial charge is 0.339 e. The van der Waals surface area contributed by atoms with Crippen molar-refractivity contribution in [2.45, 2.75) is 18.9 Å². The third-order valence-corrected chi connectivity index (χ3v) is 4.71. The van der Waals surface area contributed by atoms with E-state index in [4.69, 9.17) is 34.8 Å². The molecule has 0 unspecified atom stereocenters. The Morgan fingerprint density at radius 3 is 2.48 bits per heavy atom. The quantitative estimate of drug-likeness (QED) is 0.640. The lowest BCUT2D eigenvalue weighted by Crippen LogP contribution is -2.16. The normalized spacial score (nSPS) is 14.3. The number of hydrogen-bond acceptors (Lipinski definition) is 1. The van der Waals surface area contributed by atoms with Gasteiger partial charge in [0.25, 0.3) is 5.91 Å². The van der Waals surface area contributed by atoms with Gasteiger partial charge in [0, 0.05) is 16.7 Å². The Labute approximate surface area is 145 Å². The van der Waals surface area contributed by atoms with Gasteiger partial charge in [-0.2, -0.15) is 0 Å². The molecule has 0 radical (unpaired) electrons. The minimum absolute atomic E-state index is 0.229. The minimum Gasteiger partial charge on any atom is -0.339 e. The van der Waals surface area contributed by atoms with Crippen LogP contribution < -0.4 is 5.32 Å². The number of benzene rings is 1. The molecule has 110 valence electrons. The number of rotatable bonds is 3. The first kappa shape index (κ1) is 15.2. The SMILES string of the molecule is O=C(Nc1cc(Cl)c(Cl)cc1Cl)c1cc(Br)cn1C1CC1. The van der Waals surface area contributed by atoms with E-state index in [0.717, 1.165) is 17.3 Å². The van der Waals surface area contributed by atoms with Gasteiger partial charge >= 0.3 is 0 Å². The van der Waals surface area contributed by atoms with Crippen molar-refractivity contribution in [1.29, 1.82) is 0 Å². The molecule has 0 bridgehead atoms. The zero-order chi connectivity index (χ0) is 15.1. The van der Waals surface area contributed by atoms with Crippen molar-refractivity contribution >= 4 is 62.3 Å². The summed E-state index contributed by atoms with van der Waals surface area (Å²) in [6.45, 7) is 0. The summed E-state index contributed by atoms with van der Waals surface area (Å²) in [6, 6.07) is 5.25. The average Bonchev–Trinajstić information content (AvgIpc) is 3.18. The molecule has 0 aliphatic heterocycles. The molecule has 21 heavy (non-hydrogen) atoms. The van der Waals surface area contributed by atoms with Crippen LogP contribution in [0.1, 0.15) is 29.4 Å². The molecule has 2 aromatic rings. The van der Waals surface area contributed by atoms with Gasteiger partial charge in [0.15, 0.2) is 0 Å². The van der Waals surface area contributed by atoms with E-state index in [1.54, 1.807) is 12.1 Å². The van der Waals surface area contributed by atoms with Crippen LogP contribution in [0.2, 0.25) is 15.1 Å². The average molecular weight is 409 g/mol. The van der Waals surface area contributed by atoms with Gasteiger partial charge in [-0.05, 0) is 47.0 Å². The molecule has 1 amide bonds. The van der Waals surface area contributed by atoms with E-state index in [0.29, 0.717) is 32.5 Å². The monoisotopic (exact) mass is 406 g/mol. The molecule has 0 atom stereocenters. The molecule has 1 aliphatic carbocycles. The van der Waals surface area contributed by atoms with E-state index in [2.05, 4.69) is 21.2 Å². The van der Waals surface area contributed by atoms with Crippen molar-refractivity contribution in [1.82, 2.24) is 4.57 Å². The standard InChI is InChI=1S/C14H10BrCl3N2O/c15-7-3-13(20(6-7)8-1-2-8)14(21)19-12-5-10(17)9(16)4-11(12)18/h3-6,8H,1-2H2,(H,19,21). The van der Waals surface area contributed by atoms with Gasteiger partial charge in [-0.3, -0.25) is 4.79 Å². The smallest absolute Gasteiger partial charge is 0.272 e. The number of nitrogens with one attached hydrogen (secondary N) is 1. The third kappa shape index (κ3) is 3.24. The molecule has 0 saturated heterocycles. The summed E-state index contributed by atoms with van der Waals surface area (Å²) in [5, 5.41) is 3.82. The summed E-state index contributed by atoms with van der Waals surface area (Å²) >= 11 is 21.3. The van der Waals surface area contributed by atoms with E-state index in [9.17, 15) is 4.79 Å². The number of carbonyl (C=O) groups excluding carboxylic acids is 1. The van der Waals surface area contributed by atoms with E-state index in [1.807, 2.05) is 10.8 Å². The van der Waals surface area contributed by atoms with Gasteiger partial charge in [-0.25, -0.2) is 0 Å². The topological polar surface area (TPSA) is 34.0 Å². The Balaban J connectivity index is 1.88. The Morgan fingerprint density at radius 1 is 1.14 bits per heavy atom. The van der Waals surface area contributed by atoms with E-state index < -0.39 is 0 Å². The van der Waals surface area contributed by atoms with Crippen LogP contribution in [0, 0.1) is 0 Å². The number of hydrogen-bond donors (Lipinski definition) is 1. The number of nitrogens with zero attached hydrogens (tertiary/aromatic N) is 1. The molecule has 0 spiro atoms. The highest BCUT2D eigenvalue weighted by molar-refractivity contribution is 9.10. The number of anilines is 1. The molecule has 1 N–H and O–H groups in total. The highest BCUT2D eigenvalue weighted by Gasteiger charge is 2.28. The fraction of sp³-hybridized carbons (Fsp3) is 0.214. The Hall–Kier alpha value is -0.680. The van der Waals surface area contributed by atoms with Gasteiger partial charge in [0.05, 0.1) is 20.8 Å². The molecule has 3 nitrogen and oxygen atoms in total. The maximum Gasteiger partial charge on any atom is 0.272 e. The first-order chi connectivity index (χ1) is 9.95. The summed E-state index contributed by atoms with van der Waals surface area (Å²) in [4.78, 5) is 12.4. The summed E-state index contributed by atoms with van der Waals surface area (Å²) in [5.41, 5.74) is 1.03. The predicted molar refractivity (Wildman–Crippen MR) is 89.8 cm³/mol. The Morgan fingerprint density at radius 2 is 1.81 bits per heavy atom. The van der Waals surface area contributed by atoms with Gasteiger partial charge in [-0.15, -0.1) is 0 Å². The van der Waals surface area contributed by atoms with Gasteiger partial charge in [-0.1, -0.05) is 34.8 Å². The minimum atomic E-state index is -0.229. The molecule has 7 heteroatoms. The first-order valence-corrected chi connectivity index (χ1v) is 8.21. The van der Waals surface area contributed by atoms with Crippen molar-refractivity contribution in [2.75, 3.05) is 5.32 Å². The van der Waals surface area contributed by atoms with Crippen LogP contribution in [-0.2, 0) is 0 Å². The summed E-state index contributed by atoms with van der Waals surface area (Å²) in [7, 11) is 0. The van der Waals surface area contributed by atoms with Crippen LogP contribution in [-0.4, -0.2) is 10.5 Å². The molecule has 1 heterocycles. The number of aromatic nitrogens is 1. The molecule has 3 rings (SSSR count). The second-order valence-corrected chi connectivity index (χ2v) is 7.02. The van der Waals surface area contributed by atoms with Crippen molar-refractivity contribution in [2.24, 2.45) is 0 Å². The van der Waals surface area contributed by atoms with Crippen LogP contribution in [0.15, 0.2) is 28.9 Å². The maximum atomic E-state index is 12.4. The lowest BCUT2D eigenvalue weighted by Gasteiger charge is -2.10. The van der Waals surface area contributed by atoms with Crippen molar-refractivity contribution < 1.29 is 4.79 Å². The number of amides is 1. The molecular weight excluding hydrogens is 398 g/mol. The zero-order valence-electron chi connectivity index (χ0n) is 10.7. The lowest BCUT2D eigenvalue weighted by molar-refractivity contribution is 0.101. The lowest BCUT2D eigenvalue weighted by atomic mass is 10.3. The highest BCUT2D eigenvalue weighted by Crippen LogP contribution is 2.38. The summed E-state index contributed by atoms with van der Waals surface area (Å²) in [6.07, 6.45) is 4.10. The predicted octanol–water partition coefficient (Wildman–Crippen LogP) is 5.80. The van der Waals surface area contributed by atoms with Crippen molar-refractivity contribution in [3.63, 3.8) is 0 Å². The third-order valence-electron chi connectivity index (χ3n) is 3.25. The molecule has 1 aromatic heterocycles. The summed E-state index contributed by atoms with van der Waals surface area (Å²) < 4.78 is 2.85. The molecule has 1 fully saturated rings. The highest BCUT2D eigenvalue weighted by atomic mass is 79.9. The van der Waals surface area contributed by atoms with Gasteiger partial charge in [0.1, 0.15) is 5.69 Å². The first-order valence-electron chi connectivity index (χ1n) is 6.29. The second kappa shape index (κ2) is 5.84. The van der Waals surface area contributed by atoms with E-state index in [1.165, 1.54) is 6.07 Å². The molecule has 1 aliphatic rings. The van der Waals surface area contributed by atoms with Gasteiger partial charge in [0.2, 0.25) is 0 Å². The number of halogens is 4. The van der Waals surface area contributed by atoms with Crippen LogP contribution in [0.3, 0.4) is 0 Å². The summed E-state index contributed by atoms with van der Waals surface area (Å²) in [5.74, 6) is -0.229. The van der Waals surface area contributed by atoms with Gasteiger partial charge < -0.3 is 9.88 Å². The van der Waals surface area contributed by atoms with Crippen LogP contribution in [0.25, 0.3) is 0 Å². The van der Waals surface area contributed by atoms with Crippen LogP contribution in [0.5, 0.6) is 0 Å². The second-order valence-electron chi connectivity index (χ2n) is 4.88. The van der Waals surface area contributed by atoms with Crippen LogP contribution in [0.4, 0.5) is 5.69 Å². The van der Waals surface area contributed by atoms with Crippen LogP contribution >= 0.6 is 50.7 Å².